The van der Waals surface area contributed by atoms with E-state index in [9.17, 15) is 4.79 Å². The van der Waals surface area contributed by atoms with Gasteiger partial charge in [0.15, 0.2) is 5.76 Å². The molecule has 2 saturated heterocycles. The number of aromatic nitrogens is 2. The highest BCUT2D eigenvalue weighted by molar-refractivity contribution is 5.91. The third kappa shape index (κ3) is 2.99. The molecule has 0 bridgehead atoms. The van der Waals surface area contributed by atoms with E-state index in [-0.39, 0.29) is 17.6 Å². The van der Waals surface area contributed by atoms with E-state index in [1.807, 2.05) is 4.90 Å². The van der Waals surface area contributed by atoms with E-state index in [1.54, 1.807) is 30.6 Å². The maximum Gasteiger partial charge on any atom is 0.289 e. The minimum Gasteiger partial charge on any atom is -0.459 e. The topological polar surface area (TPSA) is 80.5 Å². The number of anilines is 1. The lowest BCUT2D eigenvalue weighted by Gasteiger charge is -2.39. The first kappa shape index (κ1) is 15.1. The smallest absolute Gasteiger partial charge is 0.289 e. The number of piperidine rings is 1. The molecule has 0 aliphatic carbocycles. The number of nitrogens with one attached hydrogen (secondary N) is 1. The van der Waals surface area contributed by atoms with Gasteiger partial charge < -0.3 is 19.4 Å². The van der Waals surface area contributed by atoms with Crippen LogP contribution in [0.1, 0.15) is 29.8 Å². The molecule has 0 unspecified atom stereocenters. The van der Waals surface area contributed by atoms with Crippen molar-refractivity contribution in [2.75, 3.05) is 25.0 Å². The molecule has 0 aromatic carbocycles. The Hall–Kier alpha value is -2.41. The Labute approximate surface area is 140 Å². The van der Waals surface area contributed by atoms with Crippen LogP contribution in [0.3, 0.4) is 0 Å². The van der Waals surface area contributed by atoms with Crippen LogP contribution in [0.2, 0.25) is 0 Å². The fraction of sp³-hybridized carbons (Fsp3) is 0.471. The zero-order valence-electron chi connectivity index (χ0n) is 13.4. The van der Waals surface area contributed by atoms with Gasteiger partial charge in [-0.3, -0.25) is 4.79 Å². The Bertz CT molecular complexity index is 691. The van der Waals surface area contributed by atoms with Crippen LogP contribution in [0.4, 0.5) is 5.95 Å². The number of carbonyl (C=O) groups is 1. The normalized spacial score (nSPS) is 26.7. The Morgan fingerprint density at radius 1 is 1.33 bits per heavy atom. The van der Waals surface area contributed by atoms with Crippen LogP contribution in [0.5, 0.6) is 0 Å². The lowest BCUT2D eigenvalue weighted by Crippen LogP contribution is -2.50. The summed E-state index contributed by atoms with van der Waals surface area (Å²) in [5.41, 5.74) is -0.285. The first-order valence-electron chi connectivity index (χ1n) is 8.24. The second-order valence-electron chi connectivity index (χ2n) is 6.42. The second kappa shape index (κ2) is 6.24. The summed E-state index contributed by atoms with van der Waals surface area (Å²) in [4.78, 5) is 22.7. The van der Waals surface area contributed by atoms with Crippen molar-refractivity contribution in [2.24, 2.45) is 0 Å². The minimum absolute atomic E-state index is 0.0644. The average Bonchev–Trinajstić information content (AvgIpc) is 3.26. The number of hydrogen-bond donors (Lipinski definition) is 1. The third-order valence-electron chi connectivity index (χ3n) is 4.67. The zero-order valence-corrected chi connectivity index (χ0v) is 13.4. The highest BCUT2D eigenvalue weighted by atomic mass is 16.5. The molecular formula is C17H20N4O3. The SMILES string of the molecule is O=C(c1ccco1)N1CCC[C@]2(C[C@@H](Nc3ncccn3)CO2)C1. The molecule has 1 spiro atoms. The number of carbonyl (C=O) groups excluding carboxylic acids is 1. The van der Waals surface area contributed by atoms with Crippen molar-refractivity contribution in [1.29, 1.82) is 0 Å². The number of hydrogen-bond acceptors (Lipinski definition) is 6. The molecule has 2 atom stereocenters. The molecule has 1 amide bonds. The van der Waals surface area contributed by atoms with Crippen molar-refractivity contribution in [3.05, 3.63) is 42.6 Å². The van der Waals surface area contributed by atoms with Crippen LogP contribution in [0.25, 0.3) is 0 Å². The van der Waals surface area contributed by atoms with Gasteiger partial charge in [0.05, 0.1) is 31.1 Å². The van der Waals surface area contributed by atoms with Crippen LogP contribution in [-0.2, 0) is 4.74 Å². The van der Waals surface area contributed by atoms with Gasteiger partial charge >= 0.3 is 0 Å². The van der Waals surface area contributed by atoms with Crippen molar-refractivity contribution in [1.82, 2.24) is 14.9 Å². The number of furan rings is 1. The Kier molecular flexibility index (Phi) is 3.93. The number of amides is 1. The van der Waals surface area contributed by atoms with E-state index in [0.717, 1.165) is 25.8 Å². The summed E-state index contributed by atoms with van der Waals surface area (Å²) < 4.78 is 11.4. The minimum atomic E-state index is -0.285. The average molecular weight is 328 g/mol. The number of ether oxygens (including phenoxy) is 1. The van der Waals surface area contributed by atoms with Crippen LogP contribution in [-0.4, -0.2) is 52.1 Å². The zero-order chi connectivity index (χ0) is 16.4. The summed E-state index contributed by atoms with van der Waals surface area (Å²) in [5.74, 6) is 0.936. The predicted molar refractivity (Wildman–Crippen MR) is 86.6 cm³/mol. The number of rotatable bonds is 3. The Balaban J connectivity index is 1.41. The standard InChI is InChI=1S/C17H20N4O3/c22-15(14-4-1-9-23-14)21-8-2-5-17(12-21)10-13(11-24-17)20-16-18-6-3-7-19-16/h1,3-4,6-7,9,13H,2,5,8,10-12H2,(H,18,19,20)/t13-,17+/m1/s1. The Morgan fingerprint density at radius 3 is 3.00 bits per heavy atom. The molecule has 24 heavy (non-hydrogen) atoms. The molecule has 2 aromatic rings. The fourth-order valence-corrected chi connectivity index (χ4v) is 3.61. The summed E-state index contributed by atoms with van der Waals surface area (Å²) in [6.45, 7) is 1.94. The maximum absolute atomic E-state index is 12.5. The summed E-state index contributed by atoms with van der Waals surface area (Å²) in [6, 6.07) is 5.39. The van der Waals surface area contributed by atoms with Crippen molar-refractivity contribution in [2.45, 2.75) is 30.9 Å². The highest BCUT2D eigenvalue weighted by Crippen LogP contribution is 2.36. The van der Waals surface area contributed by atoms with Gasteiger partial charge in [0.1, 0.15) is 0 Å². The summed E-state index contributed by atoms with van der Waals surface area (Å²) in [5, 5.41) is 3.31. The predicted octanol–water partition coefficient (Wildman–Crippen LogP) is 1.95. The van der Waals surface area contributed by atoms with Gasteiger partial charge in [-0.15, -0.1) is 0 Å². The van der Waals surface area contributed by atoms with Gasteiger partial charge in [0, 0.05) is 25.4 Å². The molecule has 0 radical (unpaired) electrons. The van der Waals surface area contributed by atoms with Gasteiger partial charge in [-0.1, -0.05) is 0 Å². The van der Waals surface area contributed by atoms with Crippen molar-refractivity contribution in [3.8, 4) is 0 Å². The van der Waals surface area contributed by atoms with E-state index >= 15 is 0 Å². The molecule has 2 aliphatic rings. The van der Waals surface area contributed by atoms with E-state index in [1.165, 1.54) is 6.26 Å². The van der Waals surface area contributed by atoms with E-state index in [2.05, 4.69) is 15.3 Å². The maximum atomic E-state index is 12.5. The van der Waals surface area contributed by atoms with Crippen LogP contribution in [0.15, 0.2) is 41.3 Å². The van der Waals surface area contributed by atoms with E-state index < -0.39 is 0 Å². The van der Waals surface area contributed by atoms with Gasteiger partial charge in [0.2, 0.25) is 5.95 Å². The van der Waals surface area contributed by atoms with Gasteiger partial charge in [0.25, 0.3) is 5.91 Å². The molecular weight excluding hydrogens is 308 g/mol. The second-order valence-corrected chi connectivity index (χ2v) is 6.42. The lowest BCUT2D eigenvalue weighted by atomic mass is 9.88. The van der Waals surface area contributed by atoms with Crippen molar-refractivity contribution < 1.29 is 13.9 Å². The molecule has 4 rings (SSSR count). The first-order valence-corrected chi connectivity index (χ1v) is 8.24. The highest BCUT2D eigenvalue weighted by Gasteiger charge is 2.45. The molecule has 1 N–H and O–H groups in total. The molecule has 0 saturated carbocycles. The molecule has 126 valence electrons. The van der Waals surface area contributed by atoms with Gasteiger partial charge in [-0.05, 0) is 31.0 Å². The van der Waals surface area contributed by atoms with Crippen molar-refractivity contribution in [3.63, 3.8) is 0 Å². The van der Waals surface area contributed by atoms with Crippen LogP contribution in [0, 0.1) is 0 Å². The number of likely N-dealkylation sites (tertiary alicyclic amines) is 1. The lowest BCUT2D eigenvalue weighted by molar-refractivity contribution is -0.0452. The quantitative estimate of drug-likeness (QED) is 0.927. The third-order valence-corrected chi connectivity index (χ3v) is 4.67. The van der Waals surface area contributed by atoms with Crippen LogP contribution >= 0.6 is 0 Å². The van der Waals surface area contributed by atoms with Gasteiger partial charge in [-0.25, -0.2) is 9.97 Å². The number of nitrogens with zero attached hydrogens (tertiary/aromatic N) is 3. The van der Waals surface area contributed by atoms with E-state index in [0.29, 0.717) is 24.9 Å². The first-order chi connectivity index (χ1) is 11.7. The molecule has 7 nitrogen and oxygen atoms in total. The molecule has 2 aromatic heterocycles. The summed E-state index contributed by atoms with van der Waals surface area (Å²) >= 11 is 0. The van der Waals surface area contributed by atoms with E-state index in [4.69, 9.17) is 9.15 Å². The molecule has 7 heteroatoms. The molecule has 2 fully saturated rings. The van der Waals surface area contributed by atoms with Crippen LogP contribution < -0.4 is 5.32 Å². The Morgan fingerprint density at radius 2 is 2.21 bits per heavy atom. The van der Waals surface area contributed by atoms with Gasteiger partial charge in [-0.2, -0.15) is 0 Å². The molecule has 2 aliphatic heterocycles. The monoisotopic (exact) mass is 328 g/mol. The summed E-state index contributed by atoms with van der Waals surface area (Å²) in [6.07, 6.45) is 7.69. The summed E-state index contributed by atoms with van der Waals surface area (Å²) in [7, 11) is 0. The largest absolute Gasteiger partial charge is 0.459 e. The van der Waals surface area contributed by atoms with Crippen molar-refractivity contribution >= 4 is 11.9 Å². The fourth-order valence-electron chi connectivity index (χ4n) is 3.61. The molecule has 4 heterocycles.